The SMILES string of the molecule is CCC1CCC(=O)N(CC(NC)C(C)CC)CC1. The Labute approximate surface area is 112 Å². The second-order valence-electron chi connectivity index (χ2n) is 5.72. The van der Waals surface area contributed by atoms with Crippen LogP contribution in [0.15, 0.2) is 0 Å². The molecule has 0 bridgehead atoms. The summed E-state index contributed by atoms with van der Waals surface area (Å²) in [4.78, 5) is 14.2. The molecule has 0 aliphatic carbocycles. The van der Waals surface area contributed by atoms with Crippen LogP contribution >= 0.6 is 0 Å². The Kier molecular flexibility index (Phi) is 6.69. The minimum absolute atomic E-state index is 0.356. The van der Waals surface area contributed by atoms with Gasteiger partial charge in [-0.15, -0.1) is 0 Å². The maximum absolute atomic E-state index is 12.1. The number of likely N-dealkylation sites (tertiary alicyclic amines) is 1. The third-order valence-corrected chi connectivity index (χ3v) is 4.62. The van der Waals surface area contributed by atoms with Crippen LogP contribution in [0.25, 0.3) is 0 Å². The fourth-order valence-corrected chi connectivity index (χ4v) is 2.77. The van der Waals surface area contributed by atoms with E-state index in [4.69, 9.17) is 0 Å². The molecule has 0 spiro atoms. The van der Waals surface area contributed by atoms with E-state index in [0.29, 0.717) is 17.9 Å². The van der Waals surface area contributed by atoms with E-state index in [1.54, 1.807) is 0 Å². The molecule has 1 saturated heterocycles. The van der Waals surface area contributed by atoms with E-state index in [0.717, 1.165) is 38.3 Å². The van der Waals surface area contributed by atoms with Gasteiger partial charge in [0.15, 0.2) is 0 Å². The minimum atomic E-state index is 0.356. The normalized spacial score (nSPS) is 24.8. The number of rotatable bonds is 6. The highest BCUT2D eigenvalue weighted by Crippen LogP contribution is 2.21. The quantitative estimate of drug-likeness (QED) is 0.790. The smallest absolute Gasteiger partial charge is 0.222 e. The van der Waals surface area contributed by atoms with Crippen molar-refractivity contribution in [3.63, 3.8) is 0 Å². The number of nitrogens with zero attached hydrogens (tertiary/aromatic N) is 1. The first-order valence-electron chi connectivity index (χ1n) is 7.57. The predicted octanol–water partition coefficient (Wildman–Crippen LogP) is 2.66. The summed E-state index contributed by atoms with van der Waals surface area (Å²) in [7, 11) is 2.01. The van der Waals surface area contributed by atoms with E-state index < -0.39 is 0 Å². The largest absolute Gasteiger partial charge is 0.341 e. The molecule has 3 unspecified atom stereocenters. The molecule has 1 amide bonds. The molecule has 1 rings (SSSR count). The average molecular weight is 254 g/mol. The monoisotopic (exact) mass is 254 g/mol. The van der Waals surface area contributed by atoms with E-state index >= 15 is 0 Å². The molecule has 106 valence electrons. The predicted molar refractivity (Wildman–Crippen MR) is 76.5 cm³/mol. The van der Waals surface area contributed by atoms with Crippen molar-refractivity contribution in [2.45, 2.75) is 58.9 Å². The van der Waals surface area contributed by atoms with Crippen LogP contribution in [0.2, 0.25) is 0 Å². The first-order valence-corrected chi connectivity index (χ1v) is 7.57. The van der Waals surface area contributed by atoms with Gasteiger partial charge in [0, 0.05) is 25.6 Å². The maximum Gasteiger partial charge on any atom is 0.222 e. The van der Waals surface area contributed by atoms with Crippen molar-refractivity contribution >= 4 is 5.91 Å². The lowest BCUT2D eigenvalue weighted by molar-refractivity contribution is -0.131. The van der Waals surface area contributed by atoms with Gasteiger partial charge in [0.1, 0.15) is 0 Å². The van der Waals surface area contributed by atoms with E-state index in [2.05, 4.69) is 31.0 Å². The van der Waals surface area contributed by atoms with Gasteiger partial charge in [0.2, 0.25) is 5.91 Å². The van der Waals surface area contributed by atoms with Crippen molar-refractivity contribution in [1.82, 2.24) is 10.2 Å². The minimum Gasteiger partial charge on any atom is -0.341 e. The molecular formula is C15H30N2O. The van der Waals surface area contributed by atoms with Crippen LogP contribution in [-0.4, -0.2) is 37.0 Å². The molecule has 1 heterocycles. The zero-order valence-electron chi connectivity index (χ0n) is 12.5. The standard InChI is InChI=1S/C15H30N2O/c1-5-12(3)14(16-4)11-17-10-9-13(6-2)7-8-15(17)18/h12-14,16H,5-11H2,1-4H3. The van der Waals surface area contributed by atoms with Crippen LogP contribution in [0, 0.1) is 11.8 Å². The molecule has 0 radical (unpaired) electrons. The van der Waals surface area contributed by atoms with Gasteiger partial charge >= 0.3 is 0 Å². The molecule has 1 fully saturated rings. The fraction of sp³-hybridized carbons (Fsp3) is 0.933. The molecule has 3 atom stereocenters. The number of hydrogen-bond donors (Lipinski definition) is 1. The van der Waals surface area contributed by atoms with Gasteiger partial charge < -0.3 is 10.2 Å². The summed E-state index contributed by atoms with van der Waals surface area (Å²) in [6.07, 6.45) is 5.38. The molecule has 18 heavy (non-hydrogen) atoms. The summed E-state index contributed by atoms with van der Waals surface area (Å²) in [5.74, 6) is 1.72. The molecule has 0 aromatic carbocycles. The number of likely N-dealkylation sites (N-methyl/N-ethyl adjacent to an activating group) is 1. The van der Waals surface area contributed by atoms with Gasteiger partial charge in [0.25, 0.3) is 0 Å². The van der Waals surface area contributed by atoms with Crippen molar-refractivity contribution in [3.05, 3.63) is 0 Å². The molecule has 1 N–H and O–H groups in total. The summed E-state index contributed by atoms with van der Waals surface area (Å²) < 4.78 is 0. The molecular weight excluding hydrogens is 224 g/mol. The highest BCUT2D eigenvalue weighted by molar-refractivity contribution is 5.76. The first kappa shape index (κ1) is 15.5. The Balaban J connectivity index is 2.55. The van der Waals surface area contributed by atoms with Gasteiger partial charge in [-0.05, 0) is 31.7 Å². The summed E-state index contributed by atoms with van der Waals surface area (Å²) >= 11 is 0. The average Bonchev–Trinajstić information content (AvgIpc) is 2.57. The summed E-state index contributed by atoms with van der Waals surface area (Å²) in [6, 6.07) is 0.428. The van der Waals surface area contributed by atoms with Crippen molar-refractivity contribution < 1.29 is 4.79 Å². The molecule has 0 aromatic heterocycles. The Bertz CT molecular complexity index is 255. The third kappa shape index (κ3) is 4.27. The number of amides is 1. The highest BCUT2D eigenvalue weighted by atomic mass is 16.2. The van der Waals surface area contributed by atoms with Crippen LogP contribution in [0.4, 0.5) is 0 Å². The van der Waals surface area contributed by atoms with Crippen LogP contribution in [0.3, 0.4) is 0 Å². The maximum atomic E-state index is 12.1. The zero-order valence-corrected chi connectivity index (χ0v) is 12.5. The Hall–Kier alpha value is -0.570. The molecule has 3 nitrogen and oxygen atoms in total. The lowest BCUT2D eigenvalue weighted by atomic mass is 9.98. The molecule has 0 aromatic rings. The molecule has 1 aliphatic rings. The van der Waals surface area contributed by atoms with E-state index in [1.807, 2.05) is 7.05 Å². The molecule has 1 aliphatic heterocycles. The lowest BCUT2D eigenvalue weighted by Gasteiger charge is -2.30. The number of nitrogens with one attached hydrogen (secondary N) is 1. The van der Waals surface area contributed by atoms with Crippen molar-refractivity contribution in [2.75, 3.05) is 20.1 Å². The Morgan fingerprint density at radius 2 is 2.11 bits per heavy atom. The van der Waals surface area contributed by atoms with Gasteiger partial charge in [-0.3, -0.25) is 4.79 Å². The van der Waals surface area contributed by atoms with Gasteiger partial charge in [-0.2, -0.15) is 0 Å². The zero-order chi connectivity index (χ0) is 13.5. The topological polar surface area (TPSA) is 32.3 Å². The fourth-order valence-electron chi connectivity index (χ4n) is 2.77. The van der Waals surface area contributed by atoms with Crippen LogP contribution < -0.4 is 5.32 Å². The summed E-state index contributed by atoms with van der Waals surface area (Å²) in [6.45, 7) is 8.54. The van der Waals surface area contributed by atoms with E-state index in [9.17, 15) is 4.79 Å². The lowest BCUT2D eigenvalue weighted by Crippen LogP contribution is -2.45. The molecule has 0 saturated carbocycles. The first-order chi connectivity index (χ1) is 8.62. The van der Waals surface area contributed by atoms with Crippen molar-refractivity contribution in [2.24, 2.45) is 11.8 Å². The van der Waals surface area contributed by atoms with Gasteiger partial charge in [-0.1, -0.05) is 33.6 Å². The van der Waals surface area contributed by atoms with E-state index in [1.165, 1.54) is 12.8 Å². The van der Waals surface area contributed by atoms with Crippen molar-refractivity contribution in [1.29, 1.82) is 0 Å². The summed E-state index contributed by atoms with van der Waals surface area (Å²) in [5, 5.41) is 3.37. The van der Waals surface area contributed by atoms with Gasteiger partial charge in [-0.25, -0.2) is 0 Å². The number of hydrogen-bond acceptors (Lipinski definition) is 2. The number of carbonyl (C=O) groups excluding carboxylic acids is 1. The second kappa shape index (κ2) is 7.78. The Morgan fingerprint density at radius 3 is 2.67 bits per heavy atom. The molecule has 3 heteroatoms. The number of carbonyl (C=O) groups is 1. The third-order valence-electron chi connectivity index (χ3n) is 4.62. The van der Waals surface area contributed by atoms with E-state index in [-0.39, 0.29) is 0 Å². The Morgan fingerprint density at radius 1 is 1.39 bits per heavy atom. The van der Waals surface area contributed by atoms with Crippen LogP contribution in [0.5, 0.6) is 0 Å². The van der Waals surface area contributed by atoms with Crippen molar-refractivity contribution in [3.8, 4) is 0 Å². The summed E-state index contributed by atoms with van der Waals surface area (Å²) in [5.41, 5.74) is 0. The highest BCUT2D eigenvalue weighted by Gasteiger charge is 2.25. The van der Waals surface area contributed by atoms with Crippen LogP contribution in [0.1, 0.15) is 52.9 Å². The second-order valence-corrected chi connectivity index (χ2v) is 5.72. The van der Waals surface area contributed by atoms with Crippen LogP contribution in [-0.2, 0) is 4.79 Å². The van der Waals surface area contributed by atoms with Gasteiger partial charge in [0.05, 0.1) is 0 Å².